The third-order valence-electron chi connectivity index (χ3n) is 2.36. The molecule has 1 N–H and O–H groups in total. The molecule has 1 aromatic carbocycles. The van der Waals surface area contributed by atoms with Gasteiger partial charge in [-0.2, -0.15) is 0 Å². The van der Waals surface area contributed by atoms with Crippen molar-refractivity contribution in [3.63, 3.8) is 0 Å². The molecule has 0 heterocycles. The van der Waals surface area contributed by atoms with Gasteiger partial charge in [0, 0.05) is 6.07 Å². The lowest BCUT2D eigenvalue weighted by atomic mass is 10.3. The van der Waals surface area contributed by atoms with Crippen molar-refractivity contribution >= 4 is 15.5 Å². The van der Waals surface area contributed by atoms with Crippen LogP contribution in [0.1, 0.15) is 0 Å². The van der Waals surface area contributed by atoms with E-state index in [2.05, 4.69) is 0 Å². The topological polar surface area (TPSA) is 116 Å². The molecule has 0 aliphatic rings. The lowest BCUT2D eigenvalue weighted by molar-refractivity contribution is -0.385. The van der Waals surface area contributed by atoms with E-state index in [1.54, 1.807) is 0 Å². The summed E-state index contributed by atoms with van der Waals surface area (Å²) < 4.78 is 33.4. The molecule has 0 radical (unpaired) electrons. The maximum absolute atomic E-state index is 11.9. The number of nitro groups is 1. The predicted octanol–water partition coefficient (Wildman–Crippen LogP) is 0.378. The fourth-order valence-corrected chi connectivity index (χ4v) is 2.67. The van der Waals surface area contributed by atoms with Gasteiger partial charge in [0.15, 0.2) is 15.6 Å². The van der Waals surface area contributed by atoms with Gasteiger partial charge in [-0.1, -0.05) is 0 Å². The molecule has 0 saturated heterocycles. The summed E-state index contributed by atoms with van der Waals surface area (Å²) in [6, 6.07) is 1.99. The van der Waals surface area contributed by atoms with E-state index in [4.69, 9.17) is 14.6 Å². The molecule has 106 valence electrons. The van der Waals surface area contributed by atoms with E-state index in [1.165, 1.54) is 14.2 Å². The highest BCUT2D eigenvalue weighted by atomic mass is 32.2. The van der Waals surface area contributed by atoms with Crippen molar-refractivity contribution in [1.29, 1.82) is 0 Å². The zero-order valence-corrected chi connectivity index (χ0v) is 11.1. The fourth-order valence-electron chi connectivity index (χ4n) is 1.47. The number of benzene rings is 1. The number of aliphatic hydroxyl groups is 1. The summed E-state index contributed by atoms with van der Waals surface area (Å²) in [6.07, 6.45) is 0. The maximum atomic E-state index is 11.9. The summed E-state index contributed by atoms with van der Waals surface area (Å²) in [5, 5.41) is 19.6. The van der Waals surface area contributed by atoms with E-state index in [1.807, 2.05) is 0 Å². The molecule has 9 heteroatoms. The molecule has 1 aromatic rings. The second kappa shape index (κ2) is 5.85. The molecule has 19 heavy (non-hydrogen) atoms. The molecule has 8 nitrogen and oxygen atoms in total. The number of nitrogens with zero attached hydrogens (tertiary/aromatic N) is 1. The number of ether oxygens (including phenoxy) is 2. The first-order valence-corrected chi connectivity index (χ1v) is 6.76. The van der Waals surface area contributed by atoms with Crippen LogP contribution >= 0.6 is 0 Å². The van der Waals surface area contributed by atoms with Gasteiger partial charge in [0.2, 0.25) is 0 Å². The smallest absolute Gasteiger partial charge is 0.314 e. The lowest BCUT2D eigenvalue weighted by Crippen LogP contribution is -2.12. The Morgan fingerprint density at radius 1 is 1.26 bits per heavy atom. The molecule has 1 rings (SSSR count). The van der Waals surface area contributed by atoms with Crippen molar-refractivity contribution in [2.75, 3.05) is 26.6 Å². The van der Waals surface area contributed by atoms with Gasteiger partial charge in [-0.3, -0.25) is 10.1 Å². The molecule has 0 fully saturated rings. The first kappa shape index (κ1) is 15.2. The second-order valence-electron chi connectivity index (χ2n) is 3.47. The van der Waals surface area contributed by atoms with E-state index in [9.17, 15) is 18.5 Å². The van der Waals surface area contributed by atoms with Gasteiger partial charge >= 0.3 is 5.69 Å². The molecule has 0 spiro atoms. The van der Waals surface area contributed by atoms with Gasteiger partial charge in [0.05, 0.1) is 37.6 Å². The van der Waals surface area contributed by atoms with Crippen LogP contribution in [0, 0.1) is 10.1 Å². The van der Waals surface area contributed by atoms with Crippen LogP contribution in [-0.2, 0) is 9.84 Å². The van der Waals surface area contributed by atoms with Crippen molar-refractivity contribution in [1.82, 2.24) is 0 Å². The monoisotopic (exact) mass is 291 g/mol. The number of hydrogen-bond donors (Lipinski definition) is 1. The van der Waals surface area contributed by atoms with E-state index < -0.39 is 32.8 Å². The molecular formula is C10H13NO7S. The number of rotatable bonds is 6. The molecular weight excluding hydrogens is 278 g/mol. The SMILES string of the molecule is COc1cc(S(=O)(=O)CCO)c(OC)cc1[N+](=O)[O-]. The van der Waals surface area contributed by atoms with Crippen LogP contribution < -0.4 is 9.47 Å². The Bertz CT molecular complexity index is 582. The Labute approximate surface area is 109 Å². The van der Waals surface area contributed by atoms with Gasteiger partial charge in [0.1, 0.15) is 10.6 Å². The summed E-state index contributed by atoms with van der Waals surface area (Å²) in [5.74, 6) is -0.868. The predicted molar refractivity (Wildman–Crippen MR) is 65.3 cm³/mol. The van der Waals surface area contributed by atoms with Crippen molar-refractivity contribution in [3.8, 4) is 11.5 Å². The Balaban J connectivity index is 3.53. The minimum absolute atomic E-state index is 0.166. The van der Waals surface area contributed by atoms with E-state index in [-0.39, 0.29) is 16.4 Å². The summed E-state index contributed by atoms with van der Waals surface area (Å²) in [7, 11) is -1.42. The van der Waals surface area contributed by atoms with Crippen LogP contribution in [0.4, 0.5) is 5.69 Å². The largest absolute Gasteiger partial charge is 0.495 e. The van der Waals surface area contributed by atoms with Gasteiger partial charge in [0.25, 0.3) is 0 Å². The number of methoxy groups -OCH3 is 2. The minimum Gasteiger partial charge on any atom is -0.495 e. The molecule has 0 saturated carbocycles. The van der Waals surface area contributed by atoms with Crippen molar-refractivity contribution < 1.29 is 27.9 Å². The van der Waals surface area contributed by atoms with E-state index >= 15 is 0 Å². The molecule has 0 aliphatic heterocycles. The summed E-state index contributed by atoms with van der Waals surface area (Å²) >= 11 is 0. The van der Waals surface area contributed by atoms with Crippen LogP contribution in [0.15, 0.2) is 17.0 Å². The average molecular weight is 291 g/mol. The van der Waals surface area contributed by atoms with Crippen LogP contribution in [0.3, 0.4) is 0 Å². The van der Waals surface area contributed by atoms with Crippen LogP contribution in [0.2, 0.25) is 0 Å². The number of hydrogen-bond acceptors (Lipinski definition) is 7. The summed E-state index contributed by atoms with van der Waals surface area (Å²) in [5.41, 5.74) is -0.401. The lowest BCUT2D eigenvalue weighted by Gasteiger charge is -2.11. The molecule has 0 atom stereocenters. The molecule has 0 aromatic heterocycles. The first-order valence-electron chi connectivity index (χ1n) is 5.11. The number of sulfone groups is 1. The average Bonchev–Trinajstić information content (AvgIpc) is 2.36. The normalized spacial score (nSPS) is 11.1. The third-order valence-corrected chi connectivity index (χ3v) is 4.07. The maximum Gasteiger partial charge on any atom is 0.314 e. The number of nitro benzene ring substituents is 1. The first-order chi connectivity index (χ1) is 8.87. The number of aliphatic hydroxyl groups excluding tert-OH is 1. The highest BCUT2D eigenvalue weighted by Crippen LogP contribution is 2.37. The Hall–Kier alpha value is -1.87. The van der Waals surface area contributed by atoms with Gasteiger partial charge < -0.3 is 14.6 Å². The molecule has 0 aliphatic carbocycles. The van der Waals surface area contributed by atoms with E-state index in [0.717, 1.165) is 12.1 Å². The fraction of sp³-hybridized carbons (Fsp3) is 0.400. The molecule has 0 bridgehead atoms. The van der Waals surface area contributed by atoms with Crippen LogP contribution in [-0.4, -0.2) is 45.0 Å². The standard InChI is InChI=1S/C10H13NO7S/c1-17-8-6-10(19(15,16)4-3-12)9(18-2)5-7(8)11(13)14/h5-6,12H,3-4H2,1-2H3. The highest BCUT2D eigenvalue weighted by molar-refractivity contribution is 7.91. The van der Waals surface area contributed by atoms with Crippen molar-refractivity contribution in [3.05, 3.63) is 22.2 Å². The third kappa shape index (κ3) is 3.12. The van der Waals surface area contributed by atoms with Crippen molar-refractivity contribution in [2.45, 2.75) is 4.90 Å². The summed E-state index contributed by atoms with van der Waals surface area (Å²) in [6.45, 7) is -0.565. The van der Waals surface area contributed by atoms with Gasteiger partial charge in [-0.15, -0.1) is 0 Å². The Morgan fingerprint density at radius 2 is 1.84 bits per heavy atom. The molecule has 0 amide bonds. The minimum atomic E-state index is -3.81. The van der Waals surface area contributed by atoms with Gasteiger partial charge in [-0.05, 0) is 0 Å². The Kier molecular flexibility index (Phi) is 4.67. The second-order valence-corrected chi connectivity index (χ2v) is 5.55. The summed E-state index contributed by atoms with van der Waals surface area (Å²) in [4.78, 5) is 9.85. The highest BCUT2D eigenvalue weighted by Gasteiger charge is 2.26. The Morgan fingerprint density at radius 3 is 2.26 bits per heavy atom. The van der Waals surface area contributed by atoms with Gasteiger partial charge in [-0.25, -0.2) is 8.42 Å². The zero-order valence-electron chi connectivity index (χ0n) is 10.3. The van der Waals surface area contributed by atoms with E-state index in [0.29, 0.717) is 0 Å². The molecule has 0 unspecified atom stereocenters. The quantitative estimate of drug-likeness (QED) is 0.594. The van der Waals surface area contributed by atoms with Crippen LogP contribution in [0.5, 0.6) is 11.5 Å². The zero-order chi connectivity index (χ0) is 14.6. The van der Waals surface area contributed by atoms with Crippen molar-refractivity contribution in [2.24, 2.45) is 0 Å². The van der Waals surface area contributed by atoms with Crippen LogP contribution in [0.25, 0.3) is 0 Å².